The summed E-state index contributed by atoms with van der Waals surface area (Å²) in [7, 11) is 0. The van der Waals surface area contributed by atoms with Gasteiger partial charge in [0.25, 0.3) is 5.91 Å². The molecule has 4 nitrogen and oxygen atoms in total. The second kappa shape index (κ2) is 4.59. The number of aliphatic hydroxyl groups excluding tert-OH is 1. The molecule has 1 heterocycles. The SMILES string of the molecule is O=C(NCC1CC(O)C1)c1nscc1Br. The fourth-order valence-electron chi connectivity index (χ4n) is 1.56. The van der Waals surface area contributed by atoms with Crippen molar-refractivity contribution < 1.29 is 9.90 Å². The number of hydrogen-bond donors (Lipinski definition) is 2. The first-order valence-corrected chi connectivity index (χ1v) is 6.36. The number of halogens is 1. The van der Waals surface area contributed by atoms with Gasteiger partial charge in [-0.15, -0.1) is 0 Å². The monoisotopic (exact) mass is 290 g/mol. The third-order valence-corrected chi connectivity index (χ3v) is 4.04. The minimum Gasteiger partial charge on any atom is -0.393 e. The highest BCUT2D eigenvalue weighted by atomic mass is 79.9. The van der Waals surface area contributed by atoms with E-state index in [1.165, 1.54) is 11.5 Å². The molecule has 0 saturated heterocycles. The zero-order chi connectivity index (χ0) is 10.8. The highest BCUT2D eigenvalue weighted by molar-refractivity contribution is 9.10. The van der Waals surface area contributed by atoms with Crippen molar-refractivity contribution in [2.24, 2.45) is 5.92 Å². The maximum atomic E-state index is 11.6. The number of hydrogen-bond acceptors (Lipinski definition) is 4. The van der Waals surface area contributed by atoms with Gasteiger partial charge in [-0.05, 0) is 46.2 Å². The zero-order valence-corrected chi connectivity index (χ0v) is 10.3. The molecule has 0 unspecified atom stereocenters. The molecule has 1 aliphatic rings. The second-order valence-corrected chi connectivity index (χ2v) is 5.20. The summed E-state index contributed by atoms with van der Waals surface area (Å²) < 4.78 is 4.72. The van der Waals surface area contributed by atoms with Gasteiger partial charge in [-0.25, -0.2) is 0 Å². The molecule has 2 N–H and O–H groups in total. The van der Waals surface area contributed by atoms with Gasteiger partial charge in [0.15, 0.2) is 5.69 Å². The number of aliphatic hydroxyl groups is 1. The van der Waals surface area contributed by atoms with Crippen LogP contribution in [0.3, 0.4) is 0 Å². The molecule has 0 bridgehead atoms. The Morgan fingerprint density at radius 2 is 2.47 bits per heavy atom. The predicted molar refractivity (Wildman–Crippen MR) is 60.9 cm³/mol. The van der Waals surface area contributed by atoms with Gasteiger partial charge < -0.3 is 10.4 Å². The van der Waals surface area contributed by atoms with Crippen molar-refractivity contribution in [3.8, 4) is 0 Å². The van der Waals surface area contributed by atoms with Crippen LogP contribution in [0.4, 0.5) is 0 Å². The van der Waals surface area contributed by atoms with Crippen molar-refractivity contribution >= 4 is 33.4 Å². The number of aromatic nitrogens is 1. The summed E-state index contributed by atoms with van der Waals surface area (Å²) >= 11 is 4.51. The van der Waals surface area contributed by atoms with E-state index in [1.807, 2.05) is 0 Å². The summed E-state index contributed by atoms with van der Waals surface area (Å²) in [6.45, 7) is 0.625. The molecule has 0 spiro atoms. The van der Waals surface area contributed by atoms with Crippen LogP contribution >= 0.6 is 27.5 Å². The van der Waals surface area contributed by atoms with Crippen molar-refractivity contribution in [1.29, 1.82) is 0 Å². The number of amides is 1. The van der Waals surface area contributed by atoms with Crippen LogP contribution < -0.4 is 5.32 Å². The molecule has 1 saturated carbocycles. The summed E-state index contributed by atoms with van der Waals surface area (Å²) in [5.41, 5.74) is 0.444. The fraction of sp³-hybridized carbons (Fsp3) is 0.556. The summed E-state index contributed by atoms with van der Waals surface area (Å²) in [4.78, 5) is 11.6. The summed E-state index contributed by atoms with van der Waals surface area (Å²) in [6, 6.07) is 0. The normalized spacial score (nSPS) is 24.7. The van der Waals surface area contributed by atoms with Crippen LogP contribution in [-0.2, 0) is 0 Å². The van der Waals surface area contributed by atoms with Gasteiger partial charge in [0.05, 0.1) is 10.6 Å². The number of rotatable bonds is 3. The van der Waals surface area contributed by atoms with Gasteiger partial charge in [0, 0.05) is 11.9 Å². The molecule has 1 aliphatic carbocycles. The van der Waals surface area contributed by atoms with Crippen LogP contribution in [0.1, 0.15) is 23.3 Å². The van der Waals surface area contributed by atoms with E-state index in [0.29, 0.717) is 18.2 Å². The van der Waals surface area contributed by atoms with E-state index in [-0.39, 0.29) is 12.0 Å². The molecule has 0 aromatic carbocycles. The van der Waals surface area contributed by atoms with Crippen LogP contribution in [-0.4, -0.2) is 28.0 Å². The largest absolute Gasteiger partial charge is 0.393 e. The quantitative estimate of drug-likeness (QED) is 0.885. The summed E-state index contributed by atoms with van der Waals surface area (Å²) in [5, 5.41) is 13.7. The Labute approximate surface area is 100.0 Å². The third kappa shape index (κ3) is 2.56. The lowest BCUT2D eigenvalue weighted by molar-refractivity contribution is 0.0420. The number of carbonyl (C=O) groups is 1. The summed E-state index contributed by atoms with van der Waals surface area (Å²) in [6.07, 6.45) is 1.41. The molecular weight excluding hydrogens is 280 g/mol. The number of nitrogens with zero attached hydrogens (tertiary/aromatic N) is 1. The molecule has 1 aromatic rings. The minimum absolute atomic E-state index is 0.149. The van der Waals surface area contributed by atoms with Crippen LogP contribution in [0.25, 0.3) is 0 Å². The van der Waals surface area contributed by atoms with Gasteiger partial charge in [0.1, 0.15) is 0 Å². The minimum atomic E-state index is -0.169. The van der Waals surface area contributed by atoms with Gasteiger partial charge in [-0.1, -0.05) is 0 Å². The molecule has 6 heteroatoms. The predicted octanol–water partition coefficient (Wildman–Crippen LogP) is 1.41. The molecule has 0 aliphatic heterocycles. The molecule has 82 valence electrons. The topological polar surface area (TPSA) is 62.2 Å². The maximum Gasteiger partial charge on any atom is 0.272 e. The Balaban J connectivity index is 1.80. The molecule has 1 fully saturated rings. The van der Waals surface area contributed by atoms with Gasteiger partial charge >= 0.3 is 0 Å². The first kappa shape index (κ1) is 11.0. The standard InChI is InChI=1S/C9H11BrN2O2S/c10-7-4-15-12-8(7)9(14)11-3-5-1-6(13)2-5/h4-6,13H,1-3H2,(H,11,14). The molecular formula is C9H11BrN2O2S. The number of nitrogens with one attached hydrogen (secondary N) is 1. The average Bonchev–Trinajstić information content (AvgIpc) is 2.57. The summed E-state index contributed by atoms with van der Waals surface area (Å²) in [5.74, 6) is 0.269. The first-order chi connectivity index (χ1) is 7.16. The Morgan fingerprint density at radius 3 is 3.00 bits per heavy atom. The van der Waals surface area contributed by atoms with E-state index in [1.54, 1.807) is 5.38 Å². The van der Waals surface area contributed by atoms with E-state index in [9.17, 15) is 4.79 Å². The molecule has 2 rings (SSSR count). The van der Waals surface area contributed by atoms with Crippen molar-refractivity contribution in [2.75, 3.05) is 6.54 Å². The van der Waals surface area contributed by atoms with E-state index in [0.717, 1.165) is 17.3 Å². The number of carbonyl (C=O) groups excluding carboxylic acids is 1. The zero-order valence-electron chi connectivity index (χ0n) is 7.94. The van der Waals surface area contributed by atoms with E-state index in [4.69, 9.17) is 5.11 Å². The first-order valence-electron chi connectivity index (χ1n) is 4.73. The second-order valence-electron chi connectivity index (χ2n) is 3.71. The lowest BCUT2D eigenvalue weighted by atomic mass is 9.82. The Bertz CT molecular complexity index is 363. The van der Waals surface area contributed by atoms with Crippen molar-refractivity contribution in [3.63, 3.8) is 0 Å². The smallest absolute Gasteiger partial charge is 0.272 e. The highest BCUT2D eigenvalue weighted by Crippen LogP contribution is 2.26. The molecule has 1 aromatic heterocycles. The molecule has 1 amide bonds. The average molecular weight is 291 g/mol. The maximum absolute atomic E-state index is 11.6. The highest BCUT2D eigenvalue weighted by Gasteiger charge is 2.27. The van der Waals surface area contributed by atoms with Crippen LogP contribution in [0.2, 0.25) is 0 Å². The van der Waals surface area contributed by atoms with Gasteiger partial charge in [-0.3, -0.25) is 4.79 Å². The third-order valence-electron chi connectivity index (χ3n) is 2.50. The van der Waals surface area contributed by atoms with Crippen LogP contribution in [0.5, 0.6) is 0 Å². The molecule has 15 heavy (non-hydrogen) atoms. The van der Waals surface area contributed by atoms with E-state index in [2.05, 4.69) is 25.6 Å². The van der Waals surface area contributed by atoms with E-state index >= 15 is 0 Å². The van der Waals surface area contributed by atoms with Crippen molar-refractivity contribution in [2.45, 2.75) is 18.9 Å². The lowest BCUT2D eigenvalue weighted by Gasteiger charge is -2.31. The fourth-order valence-corrected chi connectivity index (χ4v) is 2.74. The van der Waals surface area contributed by atoms with Crippen molar-refractivity contribution in [1.82, 2.24) is 9.69 Å². The van der Waals surface area contributed by atoms with Crippen molar-refractivity contribution in [3.05, 3.63) is 15.5 Å². The Kier molecular flexibility index (Phi) is 3.38. The Morgan fingerprint density at radius 1 is 1.73 bits per heavy atom. The van der Waals surface area contributed by atoms with Crippen LogP contribution in [0.15, 0.2) is 9.85 Å². The van der Waals surface area contributed by atoms with Gasteiger partial charge in [0.2, 0.25) is 0 Å². The van der Waals surface area contributed by atoms with E-state index < -0.39 is 0 Å². The molecule has 0 atom stereocenters. The lowest BCUT2D eigenvalue weighted by Crippen LogP contribution is -2.38. The van der Waals surface area contributed by atoms with Gasteiger partial charge in [-0.2, -0.15) is 4.37 Å². The van der Waals surface area contributed by atoms with Crippen LogP contribution in [0, 0.1) is 5.92 Å². The molecule has 0 radical (unpaired) electrons. The Hall–Kier alpha value is -0.460.